The van der Waals surface area contributed by atoms with E-state index >= 15 is 0 Å². The highest BCUT2D eigenvalue weighted by atomic mass is 16.5. The fraction of sp³-hybridized carbons (Fsp3) is 0.471. The van der Waals surface area contributed by atoms with Crippen molar-refractivity contribution < 1.29 is 9.64 Å². The molecule has 1 fully saturated rings. The molecule has 2 atom stereocenters. The first-order valence-electron chi connectivity index (χ1n) is 8.20. The smallest absolute Gasteiger partial charge is 0.194 e. The van der Waals surface area contributed by atoms with Crippen LogP contribution in [0.25, 0.3) is 16.6 Å². The van der Waals surface area contributed by atoms with Gasteiger partial charge in [0.2, 0.25) is 0 Å². The van der Waals surface area contributed by atoms with Gasteiger partial charge in [0.1, 0.15) is 37.7 Å². The van der Waals surface area contributed by atoms with Gasteiger partial charge in [-0.2, -0.15) is 0 Å². The number of para-hydroxylation sites is 1. The van der Waals surface area contributed by atoms with Crippen molar-refractivity contribution in [3.63, 3.8) is 0 Å². The van der Waals surface area contributed by atoms with Gasteiger partial charge in [0.15, 0.2) is 11.5 Å². The molecule has 120 valence electrons. The predicted molar refractivity (Wildman–Crippen MR) is 87.4 cm³/mol. The van der Waals surface area contributed by atoms with Crippen molar-refractivity contribution in [1.29, 1.82) is 0 Å². The summed E-state index contributed by atoms with van der Waals surface area (Å²) in [6.45, 7) is 9.14. The van der Waals surface area contributed by atoms with Crippen LogP contribution in [0.1, 0.15) is 25.5 Å². The van der Waals surface area contributed by atoms with Crippen molar-refractivity contribution in [3.05, 3.63) is 35.9 Å². The van der Waals surface area contributed by atoms with Crippen LogP contribution in [0.5, 0.6) is 0 Å². The fourth-order valence-corrected chi connectivity index (χ4v) is 3.69. The minimum atomic E-state index is 0.285. The van der Waals surface area contributed by atoms with E-state index in [0.717, 1.165) is 47.8 Å². The summed E-state index contributed by atoms with van der Waals surface area (Å²) >= 11 is 0. The van der Waals surface area contributed by atoms with Gasteiger partial charge in [-0.15, -0.1) is 10.2 Å². The van der Waals surface area contributed by atoms with Gasteiger partial charge in [-0.05, 0) is 32.9 Å². The first-order chi connectivity index (χ1) is 11.1. The standard InChI is InChI=1S/C17H21N5O/c1-11-8-21(9-12(2)23-11)10-16-19-20-17-14-6-4-5-7-15(14)18-13(3)22(16)17/h4-7,11-12H,8-10H2,1-3H3/p+1/t11-,12-/m0/s1. The summed E-state index contributed by atoms with van der Waals surface area (Å²) in [7, 11) is 0. The van der Waals surface area contributed by atoms with Crippen molar-refractivity contribution in [2.75, 3.05) is 13.1 Å². The number of nitrogens with zero attached hydrogens (tertiary/aromatic N) is 4. The molecule has 3 heterocycles. The number of hydrogen-bond donors (Lipinski definition) is 1. The first kappa shape index (κ1) is 14.5. The average Bonchev–Trinajstić information content (AvgIpc) is 2.91. The van der Waals surface area contributed by atoms with E-state index in [1.807, 2.05) is 25.1 Å². The molecule has 0 unspecified atom stereocenters. The lowest BCUT2D eigenvalue weighted by atomic mass is 10.2. The predicted octanol–water partition coefficient (Wildman–Crippen LogP) is 0.778. The molecule has 1 aliphatic rings. The summed E-state index contributed by atoms with van der Waals surface area (Å²) in [5.41, 5.74) is 1.87. The molecule has 1 saturated heterocycles. The second kappa shape index (κ2) is 5.54. The van der Waals surface area contributed by atoms with Gasteiger partial charge in [0, 0.05) is 5.39 Å². The zero-order valence-electron chi connectivity index (χ0n) is 13.8. The highest BCUT2D eigenvalue weighted by Crippen LogP contribution is 2.18. The summed E-state index contributed by atoms with van der Waals surface area (Å²) in [6, 6.07) is 8.10. The van der Waals surface area contributed by atoms with Gasteiger partial charge >= 0.3 is 0 Å². The summed E-state index contributed by atoms with van der Waals surface area (Å²) in [4.78, 5) is 6.19. The van der Waals surface area contributed by atoms with Gasteiger partial charge < -0.3 is 9.64 Å². The zero-order valence-corrected chi connectivity index (χ0v) is 13.8. The molecule has 0 saturated carbocycles. The Morgan fingerprint density at radius 3 is 2.70 bits per heavy atom. The summed E-state index contributed by atoms with van der Waals surface area (Å²) in [6.07, 6.45) is 0.570. The van der Waals surface area contributed by atoms with E-state index in [2.05, 4.69) is 34.5 Å². The largest absolute Gasteiger partial charge is 0.364 e. The maximum atomic E-state index is 5.83. The molecule has 0 radical (unpaired) electrons. The van der Waals surface area contributed by atoms with Crippen LogP contribution in [0.4, 0.5) is 0 Å². The third-order valence-corrected chi connectivity index (χ3v) is 4.51. The average molecular weight is 312 g/mol. The molecule has 2 aromatic heterocycles. The Morgan fingerprint density at radius 2 is 1.91 bits per heavy atom. The van der Waals surface area contributed by atoms with Crippen molar-refractivity contribution >= 4 is 16.6 Å². The number of hydrogen-bond acceptors (Lipinski definition) is 4. The van der Waals surface area contributed by atoms with Gasteiger partial charge in [-0.3, -0.25) is 4.40 Å². The van der Waals surface area contributed by atoms with Crippen LogP contribution in [-0.2, 0) is 11.3 Å². The molecule has 6 heteroatoms. The normalized spacial score (nSPS) is 25.3. The monoisotopic (exact) mass is 312 g/mol. The minimum Gasteiger partial charge on any atom is -0.364 e. The Morgan fingerprint density at radius 1 is 1.17 bits per heavy atom. The minimum absolute atomic E-state index is 0.285. The molecule has 0 bridgehead atoms. The molecule has 1 aliphatic heterocycles. The van der Waals surface area contributed by atoms with Crippen LogP contribution in [0.15, 0.2) is 24.3 Å². The molecule has 0 amide bonds. The van der Waals surface area contributed by atoms with Gasteiger partial charge in [0.25, 0.3) is 0 Å². The molecule has 3 aromatic rings. The van der Waals surface area contributed by atoms with Crippen LogP contribution in [0.3, 0.4) is 0 Å². The van der Waals surface area contributed by atoms with Gasteiger partial charge in [-0.25, -0.2) is 4.98 Å². The highest BCUT2D eigenvalue weighted by molar-refractivity contribution is 5.91. The van der Waals surface area contributed by atoms with Crippen molar-refractivity contribution in [3.8, 4) is 0 Å². The molecule has 1 aromatic carbocycles. The van der Waals surface area contributed by atoms with Crippen LogP contribution in [-0.4, -0.2) is 44.9 Å². The van der Waals surface area contributed by atoms with Gasteiger partial charge in [-0.1, -0.05) is 12.1 Å². The van der Waals surface area contributed by atoms with Crippen molar-refractivity contribution in [2.24, 2.45) is 0 Å². The lowest BCUT2D eigenvalue weighted by molar-refractivity contribution is -0.929. The van der Waals surface area contributed by atoms with Crippen molar-refractivity contribution in [2.45, 2.75) is 39.5 Å². The second-order valence-corrected chi connectivity index (χ2v) is 6.54. The lowest BCUT2D eigenvalue weighted by Crippen LogP contribution is -3.14. The summed E-state index contributed by atoms with van der Waals surface area (Å²) < 4.78 is 7.93. The Bertz CT molecular complexity index is 849. The third-order valence-electron chi connectivity index (χ3n) is 4.51. The van der Waals surface area contributed by atoms with E-state index < -0.39 is 0 Å². The van der Waals surface area contributed by atoms with E-state index in [1.54, 1.807) is 0 Å². The molecule has 6 nitrogen and oxygen atoms in total. The summed E-state index contributed by atoms with van der Waals surface area (Å²) in [5.74, 6) is 1.92. The van der Waals surface area contributed by atoms with Crippen LogP contribution >= 0.6 is 0 Å². The molecule has 4 rings (SSSR count). The topological polar surface area (TPSA) is 56.8 Å². The number of nitrogens with one attached hydrogen (secondary N) is 1. The molecular weight excluding hydrogens is 290 g/mol. The Labute approximate surface area is 135 Å². The number of aromatic nitrogens is 4. The third kappa shape index (κ3) is 2.58. The second-order valence-electron chi connectivity index (χ2n) is 6.54. The summed E-state index contributed by atoms with van der Waals surface area (Å²) in [5, 5.41) is 9.95. The number of morpholine rings is 1. The van der Waals surface area contributed by atoms with Crippen LogP contribution < -0.4 is 4.90 Å². The Hall–Kier alpha value is -2.05. The SMILES string of the molecule is Cc1nc2ccccc2c2nnc(C[NH+]3C[C@H](C)O[C@@H](C)C3)n12. The fourth-order valence-electron chi connectivity index (χ4n) is 3.69. The molecule has 0 aliphatic carbocycles. The maximum absolute atomic E-state index is 5.83. The molecule has 0 spiro atoms. The first-order valence-corrected chi connectivity index (χ1v) is 8.20. The molecular formula is C17H22N5O+. The Kier molecular flexibility index (Phi) is 3.50. The maximum Gasteiger partial charge on any atom is 0.194 e. The van der Waals surface area contributed by atoms with E-state index in [0.29, 0.717) is 0 Å². The van der Waals surface area contributed by atoms with E-state index in [4.69, 9.17) is 9.72 Å². The highest BCUT2D eigenvalue weighted by Gasteiger charge is 2.27. The number of benzene rings is 1. The van der Waals surface area contributed by atoms with E-state index in [9.17, 15) is 0 Å². The molecule has 23 heavy (non-hydrogen) atoms. The number of fused-ring (bicyclic) bond motifs is 3. The van der Waals surface area contributed by atoms with Gasteiger partial charge in [0.05, 0.1) is 5.52 Å². The molecule has 1 N–H and O–H groups in total. The number of ether oxygens (including phenoxy) is 1. The van der Waals surface area contributed by atoms with E-state index in [1.165, 1.54) is 4.90 Å². The number of quaternary nitrogens is 1. The lowest BCUT2D eigenvalue weighted by Gasteiger charge is -2.31. The number of aryl methyl sites for hydroxylation is 1. The van der Waals surface area contributed by atoms with E-state index in [-0.39, 0.29) is 12.2 Å². The zero-order chi connectivity index (χ0) is 16.0. The van der Waals surface area contributed by atoms with Crippen LogP contribution in [0, 0.1) is 6.92 Å². The Balaban J connectivity index is 1.75. The van der Waals surface area contributed by atoms with Crippen LogP contribution in [0.2, 0.25) is 0 Å². The van der Waals surface area contributed by atoms with Crippen molar-refractivity contribution in [1.82, 2.24) is 19.6 Å². The number of rotatable bonds is 2. The quantitative estimate of drug-likeness (QED) is 0.760.